The average molecular weight is 383 g/mol. The molecule has 2 N–H and O–H groups in total. The molecule has 0 spiro atoms. The average Bonchev–Trinajstić information content (AvgIpc) is 2.66. The minimum atomic E-state index is -0.320. The Balaban J connectivity index is 1.71. The van der Waals surface area contributed by atoms with Crippen molar-refractivity contribution in [2.45, 2.75) is 0 Å². The summed E-state index contributed by atoms with van der Waals surface area (Å²) in [5.41, 5.74) is 2.08. The van der Waals surface area contributed by atoms with Gasteiger partial charge in [0, 0.05) is 11.9 Å². The maximum Gasteiger partial charge on any atom is 0.257 e. The van der Waals surface area contributed by atoms with Crippen LogP contribution in [-0.2, 0) is 0 Å². The third kappa shape index (κ3) is 4.12. The molecule has 128 valence electrons. The first kappa shape index (κ1) is 17.7. The van der Waals surface area contributed by atoms with Gasteiger partial charge in [0.15, 0.2) is 0 Å². The van der Waals surface area contributed by atoms with Gasteiger partial charge in [-0.15, -0.1) is 0 Å². The normalized spacial score (nSPS) is 10.0. The second kappa shape index (κ2) is 7.87. The van der Waals surface area contributed by atoms with Gasteiger partial charge < -0.3 is 10.6 Å². The van der Waals surface area contributed by atoms with Crippen molar-refractivity contribution in [1.29, 1.82) is 5.26 Å². The van der Waals surface area contributed by atoms with E-state index >= 15 is 0 Å². The molecule has 0 saturated heterocycles. The Labute approximate surface area is 160 Å². The number of halogens is 2. The molecule has 0 radical (unpaired) electrons. The van der Waals surface area contributed by atoms with Crippen LogP contribution in [0, 0.1) is 11.3 Å². The van der Waals surface area contributed by atoms with Gasteiger partial charge in [0.05, 0.1) is 26.9 Å². The Morgan fingerprint density at radius 2 is 1.85 bits per heavy atom. The molecule has 2 aromatic carbocycles. The van der Waals surface area contributed by atoms with Crippen LogP contribution in [0.2, 0.25) is 10.0 Å². The van der Waals surface area contributed by atoms with Gasteiger partial charge in [-0.25, -0.2) is 4.98 Å². The number of aromatic nitrogens is 1. The van der Waals surface area contributed by atoms with Crippen molar-refractivity contribution in [3.8, 4) is 6.07 Å². The third-order valence-corrected chi connectivity index (χ3v) is 4.25. The van der Waals surface area contributed by atoms with Crippen molar-refractivity contribution in [3.63, 3.8) is 0 Å². The molecule has 1 amide bonds. The number of para-hydroxylation sites is 1. The molecular formula is C19H12Cl2N4O. The SMILES string of the molecule is N#Cc1ccccc1Nc1ccc(C(=O)Nc2ccc(Cl)c(Cl)c2)cn1. The number of pyridine rings is 1. The van der Waals surface area contributed by atoms with Gasteiger partial charge in [-0.2, -0.15) is 5.26 Å². The number of hydrogen-bond donors (Lipinski definition) is 2. The Kier molecular flexibility index (Phi) is 5.37. The van der Waals surface area contributed by atoms with Crippen molar-refractivity contribution < 1.29 is 4.79 Å². The first-order valence-corrected chi connectivity index (χ1v) is 8.31. The third-order valence-electron chi connectivity index (χ3n) is 3.51. The molecule has 1 heterocycles. The topological polar surface area (TPSA) is 77.8 Å². The fourth-order valence-corrected chi connectivity index (χ4v) is 2.50. The van der Waals surface area contributed by atoms with E-state index in [1.807, 2.05) is 6.07 Å². The number of nitrogens with zero attached hydrogens (tertiary/aromatic N) is 2. The molecule has 0 aliphatic rings. The van der Waals surface area contributed by atoms with Gasteiger partial charge in [0.25, 0.3) is 5.91 Å². The molecule has 0 saturated carbocycles. The van der Waals surface area contributed by atoms with Crippen LogP contribution >= 0.6 is 23.2 Å². The fourth-order valence-electron chi connectivity index (χ4n) is 2.21. The summed E-state index contributed by atoms with van der Waals surface area (Å²) in [6.45, 7) is 0. The second-order valence-corrected chi connectivity index (χ2v) is 6.11. The van der Waals surface area contributed by atoms with Gasteiger partial charge in [0.2, 0.25) is 0 Å². The number of hydrogen-bond acceptors (Lipinski definition) is 4. The largest absolute Gasteiger partial charge is 0.339 e. The van der Waals surface area contributed by atoms with Crippen LogP contribution in [-0.4, -0.2) is 10.9 Å². The van der Waals surface area contributed by atoms with Crippen LogP contribution in [0.5, 0.6) is 0 Å². The van der Waals surface area contributed by atoms with Gasteiger partial charge in [-0.1, -0.05) is 35.3 Å². The number of anilines is 3. The molecule has 0 atom stereocenters. The lowest BCUT2D eigenvalue weighted by atomic mass is 10.2. The van der Waals surface area contributed by atoms with Gasteiger partial charge in [0.1, 0.15) is 11.9 Å². The zero-order chi connectivity index (χ0) is 18.5. The molecule has 3 rings (SSSR count). The molecule has 26 heavy (non-hydrogen) atoms. The lowest BCUT2D eigenvalue weighted by Crippen LogP contribution is -2.12. The number of amides is 1. The second-order valence-electron chi connectivity index (χ2n) is 5.30. The van der Waals surface area contributed by atoms with E-state index in [0.29, 0.717) is 38.4 Å². The Bertz CT molecular complexity index is 997. The molecule has 0 fully saturated rings. The maximum atomic E-state index is 12.3. The maximum absolute atomic E-state index is 12.3. The molecule has 0 aliphatic heterocycles. The summed E-state index contributed by atoms with van der Waals surface area (Å²) in [5.74, 6) is 0.207. The minimum Gasteiger partial charge on any atom is -0.339 e. The molecule has 5 nitrogen and oxygen atoms in total. The monoisotopic (exact) mass is 382 g/mol. The van der Waals surface area contributed by atoms with E-state index in [1.54, 1.807) is 48.5 Å². The Morgan fingerprint density at radius 3 is 2.54 bits per heavy atom. The highest BCUT2D eigenvalue weighted by molar-refractivity contribution is 6.42. The highest BCUT2D eigenvalue weighted by atomic mass is 35.5. The number of nitrogens with one attached hydrogen (secondary N) is 2. The van der Waals surface area contributed by atoms with Crippen molar-refractivity contribution in [1.82, 2.24) is 4.98 Å². The molecule has 1 aromatic heterocycles. The predicted octanol–water partition coefficient (Wildman–Crippen LogP) is 5.26. The molecule has 0 bridgehead atoms. The summed E-state index contributed by atoms with van der Waals surface area (Å²) in [6, 6.07) is 17.3. The van der Waals surface area contributed by atoms with Gasteiger partial charge in [-0.3, -0.25) is 4.79 Å². The van der Waals surface area contributed by atoms with E-state index < -0.39 is 0 Å². The lowest BCUT2D eigenvalue weighted by molar-refractivity contribution is 0.102. The number of rotatable bonds is 4. The van der Waals surface area contributed by atoms with Crippen molar-refractivity contribution >= 4 is 46.3 Å². The Hall–Kier alpha value is -3.07. The molecular weight excluding hydrogens is 371 g/mol. The summed E-state index contributed by atoms with van der Waals surface area (Å²) < 4.78 is 0. The van der Waals surface area contributed by atoms with Crippen LogP contribution in [0.25, 0.3) is 0 Å². The predicted molar refractivity (Wildman–Crippen MR) is 103 cm³/mol. The number of nitriles is 1. The lowest BCUT2D eigenvalue weighted by Gasteiger charge is -2.09. The fraction of sp³-hybridized carbons (Fsp3) is 0. The first-order valence-electron chi connectivity index (χ1n) is 7.55. The highest BCUT2D eigenvalue weighted by Gasteiger charge is 2.09. The van der Waals surface area contributed by atoms with E-state index in [-0.39, 0.29) is 5.91 Å². The van der Waals surface area contributed by atoms with Gasteiger partial charge in [-0.05, 0) is 42.5 Å². The number of carbonyl (C=O) groups is 1. The van der Waals surface area contributed by atoms with E-state index in [1.165, 1.54) is 6.20 Å². The van der Waals surface area contributed by atoms with E-state index in [2.05, 4.69) is 21.7 Å². The summed E-state index contributed by atoms with van der Waals surface area (Å²) in [4.78, 5) is 16.5. The van der Waals surface area contributed by atoms with Crippen molar-refractivity contribution in [3.05, 3.63) is 82.0 Å². The van der Waals surface area contributed by atoms with Crippen LogP contribution < -0.4 is 10.6 Å². The standard InChI is InChI=1S/C19H12Cl2N4O/c20-15-7-6-14(9-16(15)21)24-19(26)13-5-8-18(23-11-13)25-17-4-2-1-3-12(17)10-22/h1-9,11H,(H,23,25)(H,24,26). The first-order chi connectivity index (χ1) is 12.6. The van der Waals surface area contributed by atoms with Crippen LogP contribution in [0.3, 0.4) is 0 Å². The van der Waals surface area contributed by atoms with E-state index in [4.69, 9.17) is 28.5 Å². The van der Waals surface area contributed by atoms with Crippen LogP contribution in [0.15, 0.2) is 60.8 Å². The Morgan fingerprint density at radius 1 is 1.04 bits per heavy atom. The van der Waals surface area contributed by atoms with Crippen molar-refractivity contribution in [2.24, 2.45) is 0 Å². The minimum absolute atomic E-state index is 0.320. The van der Waals surface area contributed by atoms with E-state index in [9.17, 15) is 4.79 Å². The zero-order valence-corrected chi connectivity index (χ0v) is 14.8. The summed E-state index contributed by atoms with van der Waals surface area (Å²) in [7, 11) is 0. The van der Waals surface area contributed by atoms with E-state index in [0.717, 1.165) is 0 Å². The molecule has 0 unspecified atom stereocenters. The summed E-state index contributed by atoms with van der Waals surface area (Å²) >= 11 is 11.8. The number of benzene rings is 2. The summed E-state index contributed by atoms with van der Waals surface area (Å²) in [5, 5.41) is 15.7. The molecule has 3 aromatic rings. The summed E-state index contributed by atoms with van der Waals surface area (Å²) in [6.07, 6.45) is 1.45. The van der Waals surface area contributed by atoms with Crippen LogP contribution in [0.4, 0.5) is 17.2 Å². The van der Waals surface area contributed by atoms with Crippen molar-refractivity contribution in [2.75, 3.05) is 10.6 Å². The quantitative estimate of drug-likeness (QED) is 0.645. The highest BCUT2D eigenvalue weighted by Crippen LogP contribution is 2.25. The van der Waals surface area contributed by atoms with Crippen LogP contribution in [0.1, 0.15) is 15.9 Å². The smallest absolute Gasteiger partial charge is 0.257 e. The molecule has 7 heteroatoms. The molecule has 0 aliphatic carbocycles. The number of carbonyl (C=O) groups excluding carboxylic acids is 1. The zero-order valence-electron chi connectivity index (χ0n) is 13.3. The van der Waals surface area contributed by atoms with Gasteiger partial charge >= 0.3 is 0 Å².